The molecule has 2 aliphatic rings. The maximum atomic E-state index is 13.2. The van der Waals surface area contributed by atoms with Crippen molar-refractivity contribution < 1.29 is 31.2 Å². The second-order valence-electron chi connectivity index (χ2n) is 9.95. The molecule has 15 heteroatoms. The lowest BCUT2D eigenvalue weighted by atomic mass is 10.1. The molecule has 2 aromatic rings. The lowest BCUT2D eigenvalue weighted by Gasteiger charge is -2.34. The normalized spacial score (nSPS) is 20.2. The third kappa shape index (κ3) is 8.08. The van der Waals surface area contributed by atoms with E-state index in [0.29, 0.717) is 48.0 Å². The van der Waals surface area contributed by atoms with Crippen molar-refractivity contribution in [3.05, 3.63) is 50.5 Å². The molecule has 0 spiro atoms. The first-order valence-electron chi connectivity index (χ1n) is 13.1. The smallest absolute Gasteiger partial charge is 0.244 e. The van der Waals surface area contributed by atoms with Crippen molar-refractivity contribution >= 4 is 60.9 Å². The van der Waals surface area contributed by atoms with Crippen molar-refractivity contribution in [3.8, 4) is 5.75 Å². The van der Waals surface area contributed by atoms with E-state index in [1.165, 1.54) is 35.5 Å². The number of benzene rings is 1. The molecule has 1 aromatic heterocycles. The van der Waals surface area contributed by atoms with Gasteiger partial charge in [-0.15, -0.1) is 11.3 Å². The maximum Gasteiger partial charge on any atom is 0.244 e. The number of methoxy groups -OCH3 is 1. The van der Waals surface area contributed by atoms with Gasteiger partial charge in [0, 0.05) is 36.0 Å². The number of aryl methyl sites for hydroxylation is 1. The summed E-state index contributed by atoms with van der Waals surface area (Å²) in [6, 6.07) is 6.86. The van der Waals surface area contributed by atoms with Crippen LogP contribution >= 0.6 is 22.9 Å². The molecule has 3 heterocycles. The number of carbonyl (C=O) groups excluding carboxylic acids is 2. The number of nitrogens with zero attached hydrogens (tertiary/aromatic N) is 2. The molecule has 4 rings (SSSR count). The van der Waals surface area contributed by atoms with E-state index >= 15 is 0 Å². The first-order valence-corrected chi connectivity index (χ1v) is 17.3. The number of amides is 2. The number of nitrogens with one attached hydrogen (secondary N) is 2. The highest BCUT2D eigenvalue weighted by Gasteiger charge is 2.36. The number of halogens is 1. The highest BCUT2D eigenvalue weighted by atomic mass is 35.5. The number of piperidine rings is 1. The third-order valence-corrected chi connectivity index (χ3v) is 10.7. The minimum Gasteiger partial charge on any atom is -0.495 e. The zero-order valence-electron chi connectivity index (χ0n) is 22.7. The first kappa shape index (κ1) is 31.4. The van der Waals surface area contributed by atoms with Crippen LogP contribution in [0.3, 0.4) is 0 Å². The number of thiophene rings is 1. The molecule has 2 atom stereocenters. The van der Waals surface area contributed by atoms with Crippen molar-refractivity contribution in [3.63, 3.8) is 0 Å². The Morgan fingerprint density at radius 3 is 2.61 bits per heavy atom. The summed E-state index contributed by atoms with van der Waals surface area (Å²) in [6.07, 6.45) is 3.56. The van der Waals surface area contributed by atoms with Gasteiger partial charge in [0.15, 0.2) is 0 Å². The van der Waals surface area contributed by atoms with E-state index in [0.717, 1.165) is 11.0 Å². The largest absolute Gasteiger partial charge is 0.495 e. The van der Waals surface area contributed by atoms with Crippen LogP contribution in [0.5, 0.6) is 5.75 Å². The van der Waals surface area contributed by atoms with E-state index in [9.17, 15) is 26.4 Å². The monoisotopic (exact) mass is 644 g/mol. The molecule has 0 saturated carbocycles. The molecular formula is C26H33ClN4O7S3. The molecule has 11 nitrogen and oxygen atoms in total. The number of likely N-dealkylation sites (tertiary alicyclic amines) is 2. The van der Waals surface area contributed by atoms with Crippen LogP contribution in [0.15, 0.2) is 40.6 Å². The summed E-state index contributed by atoms with van der Waals surface area (Å²) < 4.78 is 62.0. The first-order chi connectivity index (χ1) is 19.4. The predicted octanol–water partition coefficient (Wildman–Crippen LogP) is 2.57. The van der Waals surface area contributed by atoms with E-state index in [1.54, 1.807) is 36.1 Å². The second-order valence-corrected chi connectivity index (χ2v) is 15.0. The van der Waals surface area contributed by atoms with Gasteiger partial charge in [-0.3, -0.25) is 9.59 Å². The number of hydrogen-bond donors (Lipinski definition) is 2. The van der Waals surface area contributed by atoms with Crippen molar-refractivity contribution in [2.75, 3.05) is 33.3 Å². The Hall–Kier alpha value is -2.49. The molecule has 2 N–H and O–H groups in total. The van der Waals surface area contributed by atoms with Crippen molar-refractivity contribution in [2.24, 2.45) is 0 Å². The molecule has 2 aliphatic heterocycles. The van der Waals surface area contributed by atoms with Crippen LogP contribution in [0.25, 0.3) is 6.08 Å². The summed E-state index contributed by atoms with van der Waals surface area (Å²) in [4.78, 5) is 30.0. The van der Waals surface area contributed by atoms with Crippen LogP contribution in [0.1, 0.15) is 36.1 Å². The third-order valence-electron chi connectivity index (χ3n) is 6.98. The van der Waals surface area contributed by atoms with Crippen molar-refractivity contribution in [1.29, 1.82) is 0 Å². The van der Waals surface area contributed by atoms with Gasteiger partial charge < -0.3 is 14.5 Å². The standard InChI is InChI=1S/C26H33ClN4O7S3/c1-18-7-9-22(38-2)23(15-18)41(36,37)28-16-19-5-3-13-31(19)25(32)17-30-12-4-6-21(26(30)33)29-40(34,35)14-11-20-8-10-24(27)39-20/h7-11,14-15,19,21,28-29H,3-6,12-13,16-17H2,1-2H3/b14-11+/t19-,21-/m0/s1. The van der Waals surface area contributed by atoms with E-state index in [-0.39, 0.29) is 35.7 Å². The summed E-state index contributed by atoms with van der Waals surface area (Å²) in [5.41, 5.74) is 0.763. The average Bonchev–Trinajstić information content (AvgIpc) is 3.57. The molecular weight excluding hydrogens is 612 g/mol. The molecule has 41 heavy (non-hydrogen) atoms. The zero-order valence-corrected chi connectivity index (χ0v) is 25.9. The van der Waals surface area contributed by atoms with Crippen LogP contribution in [0.2, 0.25) is 4.34 Å². The Kier molecular flexibility index (Phi) is 10.1. The van der Waals surface area contributed by atoms with Gasteiger partial charge in [0.25, 0.3) is 0 Å². The Labute approximate surface area is 249 Å². The van der Waals surface area contributed by atoms with Crippen LogP contribution in [0.4, 0.5) is 0 Å². The Morgan fingerprint density at radius 1 is 1.15 bits per heavy atom. The molecule has 2 fully saturated rings. The molecule has 0 aliphatic carbocycles. The zero-order chi connectivity index (χ0) is 29.8. The highest BCUT2D eigenvalue weighted by molar-refractivity contribution is 7.92. The lowest BCUT2D eigenvalue weighted by Crippen LogP contribution is -2.55. The fourth-order valence-electron chi connectivity index (χ4n) is 4.93. The summed E-state index contributed by atoms with van der Waals surface area (Å²) in [7, 11) is -6.41. The minimum atomic E-state index is -3.92. The predicted molar refractivity (Wildman–Crippen MR) is 158 cm³/mol. The molecule has 0 unspecified atom stereocenters. The van der Waals surface area contributed by atoms with Gasteiger partial charge in [-0.1, -0.05) is 17.7 Å². The molecule has 0 bridgehead atoms. The quantitative estimate of drug-likeness (QED) is 0.383. The van der Waals surface area contributed by atoms with E-state index in [2.05, 4.69) is 9.44 Å². The molecule has 1 aromatic carbocycles. The van der Waals surface area contributed by atoms with Gasteiger partial charge in [0.1, 0.15) is 16.7 Å². The van der Waals surface area contributed by atoms with Crippen molar-refractivity contribution in [2.45, 2.75) is 49.6 Å². The molecule has 2 saturated heterocycles. The molecule has 224 valence electrons. The number of carbonyl (C=O) groups is 2. The van der Waals surface area contributed by atoms with Crippen LogP contribution in [-0.4, -0.2) is 83.8 Å². The van der Waals surface area contributed by atoms with E-state index in [4.69, 9.17) is 16.3 Å². The summed E-state index contributed by atoms with van der Waals surface area (Å²) >= 11 is 7.11. The average molecular weight is 645 g/mol. The topological polar surface area (TPSA) is 142 Å². The van der Waals surface area contributed by atoms with Gasteiger partial charge in [-0.05, 0) is 68.5 Å². The van der Waals surface area contributed by atoms with Gasteiger partial charge in [-0.25, -0.2) is 21.6 Å². The van der Waals surface area contributed by atoms with Gasteiger partial charge in [0.05, 0.1) is 18.0 Å². The van der Waals surface area contributed by atoms with Crippen LogP contribution < -0.4 is 14.2 Å². The van der Waals surface area contributed by atoms with Gasteiger partial charge in [0.2, 0.25) is 31.9 Å². The van der Waals surface area contributed by atoms with Gasteiger partial charge >= 0.3 is 0 Å². The Balaban J connectivity index is 1.35. The molecule has 0 radical (unpaired) electrons. The SMILES string of the molecule is COc1ccc(C)cc1S(=O)(=O)NC[C@@H]1CCCN1C(=O)CN1CCC[C@H](NS(=O)(=O)/C=C/c2ccc(Cl)s2)C1=O. The van der Waals surface area contributed by atoms with Crippen LogP contribution in [-0.2, 0) is 29.6 Å². The minimum absolute atomic E-state index is 0.0172. The van der Waals surface area contributed by atoms with Gasteiger partial charge in [-0.2, -0.15) is 4.72 Å². The Bertz CT molecular complexity index is 1520. The van der Waals surface area contributed by atoms with Crippen molar-refractivity contribution in [1.82, 2.24) is 19.2 Å². The number of sulfonamides is 2. The fraction of sp³-hybridized carbons (Fsp3) is 0.462. The van der Waals surface area contributed by atoms with E-state index in [1.807, 2.05) is 0 Å². The second kappa shape index (κ2) is 13.2. The number of rotatable bonds is 11. The summed E-state index contributed by atoms with van der Waals surface area (Å²) in [5, 5.41) is 0.995. The summed E-state index contributed by atoms with van der Waals surface area (Å²) in [6.45, 7) is 2.35. The number of ether oxygens (including phenoxy) is 1. The van der Waals surface area contributed by atoms with E-state index < -0.39 is 32.0 Å². The molecule has 2 amide bonds. The van der Waals surface area contributed by atoms with Crippen LogP contribution in [0, 0.1) is 6.92 Å². The Morgan fingerprint density at radius 2 is 1.90 bits per heavy atom. The summed E-state index contributed by atoms with van der Waals surface area (Å²) in [5.74, 6) is -0.558. The maximum absolute atomic E-state index is 13.2. The fourth-order valence-corrected chi connectivity index (χ4v) is 8.32. The highest BCUT2D eigenvalue weighted by Crippen LogP contribution is 2.26. The lowest BCUT2D eigenvalue weighted by molar-refractivity contribution is -0.143. The number of hydrogen-bond acceptors (Lipinski definition) is 8.